The summed E-state index contributed by atoms with van der Waals surface area (Å²) in [6, 6.07) is 16.0. The number of halogens is 2. The lowest BCUT2D eigenvalue weighted by Crippen LogP contribution is -2.45. The van der Waals surface area contributed by atoms with E-state index < -0.39 is 0 Å². The second-order valence-corrected chi connectivity index (χ2v) is 11.7. The van der Waals surface area contributed by atoms with E-state index in [-0.39, 0.29) is 23.3 Å². The Kier molecular flexibility index (Phi) is 7.52. The molecule has 1 N–H and O–H groups in total. The highest BCUT2D eigenvalue weighted by Crippen LogP contribution is 2.42. The molecule has 5 rings (SSSR count). The average molecular weight is 559 g/mol. The molecule has 186 valence electrons. The third kappa shape index (κ3) is 5.76. The van der Waals surface area contributed by atoms with Crippen molar-refractivity contribution in [3.05, 3.63) is 69.2 Å². The summed E-state index contributed by atoms with van der Waals surface area (Å²) >= 11 is 9.97. The monoisotopic (exact) mass is 557 g/mol. The number of nitrogens with one attached hydrogen (secondary N) is 1. The van der Waals surface area contributed by atoms with Gasteiger partial charge in [0.1, 0.15) is 0 Å². The van der Waals surface area contributed by atoms with Crippen molar-refractivity contribution in [2.75, 3.05) is 26.2 Å². The van der Waals surface area contributed by atoms with Gasteiger partial charge in [-0.1, -0.05) is 57.9 Å². The highest BCUT2D eigenvalue weighted by Gasteiger charge is 2.47. The normalized spacial score (nSPS) is 20.9. The molecule has 1 unspecified atom stereocenters. The third-order valence-corrected chi connectivity index (χ3v) is 8.85. The van der Waals surface area contributed by atoms with Crippen LogP contribution in [0.15, 0.2) is 53.0 Å². The molecule has 2 saturated heterocycles. The van der Waals surface area contributed by atoms with Crippen molar-refractivity contribution in [3.63, 3.8) is 0 Å². The van der Waals surface area contributed by atoms with Gasteiger partial charge in [0, 0.05) is 35.0 Å². The molecule has 2 aromatic rings. The van der Waals surface area contributed by atoms with Crippen LogP contribution in [0, 0.1) is 11.3 Å². The van der Waals surface area contributed by atoms with Crippen LogP contribution in [0.25, 0.3) is 0 Å². The molecule has 0 bridgehead atoms. The zero-order valence-electron chi connectivity index (χ0n) is 20.0. The number of nitrogens with zero attached hydrogens (tertiary/aromatic N) is 2. The highest BCUT2D eigenvalue weighted by molar-refractivity contribution is 9.10. The van der Waals surface area contributed by atoms with Crippen molar-refractivity contribution >= 4 is 39.3 Å². The summed E-state index contributed by atoms with van der Waals surface area (Å²) in [7, 11) is 0. The summed E-state index contributed by atoms with van der Waals surface area (Å²) in [5.41, 5.74) is 1.97. The summed E-state index contributed by atoms with van der Waals surface area (Å²) in [5.74, 6) is 0.643. The van der Waals surface area contributed by atoms with Gasteiger partial charge in [-0.15, -0.1) is 0 Å². The van der Waals surface area contributed by atoms with Crippen LogP contribution in [-0.4, -0.2) is 47.8 Å². The number of hydrogen-bond acceptors (Lipinski definition) is 3. The fraction of sp³-hybridized carbons (Fsp3) is 0.500. The van der Waals surface area contributed by atoms with Gasteiger partial charge >= 0.3 is 0 Å². The number of likely N-dealkylation sites (tertiary alicyclic amines) is 2. The van der Waals surface area contributed by atoms with Crippen LogP contribution in [0.2, 0.25) is 5.02 Å². The van der Waals surface area contributed by atoms with Crippen molar-refractivity contribution in [2.24, 2.45) is 11.3 Å². The molecule has 2 aliphatic heterocycles. The Morgan fingerprint density at radius 3 is 2.43 bits per heavy atom. The van der Waals surface area contributed by atoms with Gasteiger partial charge in [0.25, 0.3) is 0 Å². The molecule has 2 amide bonds. The number of carbonyl (C=O) groups excluding carboxylic acids is 2. The first kappa shape index (κ1) is 24.8. The Morgan fingerprint density at radius 2 is 1.74 bits per heavy atom. The number of hydrogen-bond donors (Lipinski definition) is 1. The predicted molar refractivity (Wildman–Crippen MR) is 142 cm³/mol. The van der Waals surface area contributed by atoms with Crippen LogP contribution in [0.3, 0.4) is 0 Å². The lowest BCUT2D eigenvalue weighted by Gasteiger charge is -2.38. The summed E-state index contributed by atoms with van der Waals surface area (Å²) < 4.78 is 1.06. The van der Waals surface area contributed by atoms with Gasteiger partial charge in [0.15, 0.2) is 0 Å². The molecule has 7 heteroatoms. The maximum atomic E-state index is 13.4. The van der Waals surface area contributed by atoms with Crippen LogP contribution in [-0.2, 0) is 16.1 Å². The quantitative estimate of drug-likeness (QED) is 0.461. The van der Waals surface area contributed by atoms with Crippen LogP contribution < -0.4 is 5.32 Å². The third-order valence-electron chi connectivity index (χ3n) is 7.98. The number of rotatable bonds is 8. The largest absolute Gasteiger partial charge is 0.349 e. The molecule has 1 saturated carbocycles. The summed E-state index contributed by atoms with van der Waals surface area (Å²) in [4.78, 5) is 30.4. The molecular formula is C28H33BrClN3O2. The molecule has 35 heavy (non-hydrogen) atoms. The highest BCUT2D eigenvalue weighted by atomic mass is 79.9. The van der Waals surface area contributed by atoms with Crippen LogP contribution in [0.4, 0.5) is 0 Å². The Balaban J connectivity index is 1.16. The second-order valence-electron chi connectivity index (χ2n) is 10.4. The first-order valence-corrected chi connectivity index (χ1v) is 13.9. The topological polar surface area (TPSA) is 52.7 Å². The SMILES string of the molecule is O=C(NC(CCN1CCC2(CC1)CCN(Cc1ccc(Br)cc1)C2=O)c1ccccc1Cl)C1CC1. The van der Waals surface area contributed by atoms with Gasteiger partial charge in [-0.2, -0.15) is 0 Å². The van der Waals surface area contributed by atoms with Crippen LogP contribution in [0.1, 0.15) is 55.7 Å². The Bertz CT molecular complexity index is 1060. The van der Waals surface area contributed by atoms with Crippen molar-refractivity contribution in [1.82, 2.24) is 15.1 Å². The van der Waals surface area contributed by atoms with Crippen LogP contribution >= 0.6 is 27.5 Å². The molecule has 3 fully saturated rings. The summed E-state index contributed by atoms with van der Waals surface area (Å²) in [6.45, 7) is 4.26. The molecule has 1 atom stereocenters. The number of benzene rings is 2. The lowest BCUT2D eigenvalue weighted by molar-refractivity contribution is -0.139. The van der Waals surface area contributed by atoms with E-state index in [1.165, 1.54) is 5.56 Å². The number of amides is 2. The zero-order chi connectivity index (χ0) is 24.4. The van der Waals surface area contributed by atoms with Crippen LogP contribution in [0.5, 0.6) is 0 Å². The fourth-order valence-corrected chi connectivity index (χ4v) is 6.06. The molecule has 2 heterocycles. The van der Waals surface area contributed by atoms with E-state index in [1.54, 1.807) is 0 Å². The van der Waals surface area contributed by atoms with E-state index in [0.717, 1.165) is 74.7 Å². The maximum absolute atomic E-state index is 13.4. The van der Waals surface area contributed by atoms with Gasteiger partial charge < -0.3 is 15.1 Å². The first-order valence-electron chi connectivity index (χ1n) is 12.7. The van der Waals surface area contributed by atoms with Gasteiger partial charge in [0.05, 0.1) is 11.5 Å². The smallest absolute Gasteiger partial charge is 0.229 e. The summed E-state index contributed by atoms with van der Waals surface area (Å²) in [6.07, 6.45) is 5.57. The molecule has 0 radical (unpaired) electrons. The van der Waals surface area contributed by atoms with E-state index in [2.05, 4.69) is 38.3 Å². The van der Waals surface area contributed by atoms with E-state index in [9.17, 15) is 9.59 Å². The fourth-order valence-electron chi connectivity index (χ4n) is 5.53. The maximum Gasteiger partial charge on any atom is 0.229 e. The Morgan fingerprint density at radius 1 is 1.06 bits per heavy atom. The summed E-state index contributed by atoms with van der Waals surface area (Å²) in [5, 5.41) is 3.95. The predicted octanol–water partition coefficient (Wildman–Crippen LogP) is 5.57. The zero-order valence-corrected chi connectivity index (χ0v) is 22.4. The average Bonchev–Trinajstić information content (AvgIpc) is 3.68. The van der Waals surface area contributed by atoms with E-state index >= 15 is 0 Å². The van der Waals surface area contributed by atoms with Crippen molar-refractivity contribution in [1.29, 1.82) is 0 Å². The molecule has 1 aliphatic carbocycles. The molecule has 1 spiro atoms. The Labute approximate surface area is 221 Å². The minimum absolute atomic E-state index is 0.0813. The van der Waals surface area contributed by atoms with Crippen molar-refractivity contribution in [3.8, 4) is 0 Å². The van der Waals surface area contributed by atoms with Gasteiger partial charge in [0.2, 0.25) is 11.8 Å². The van der Waals surface area contributed by atoms with Crippen molar-refractivity contribution < 1.29 is 9.59 Å². The number of carbonyl (C=O) groups is 2. The van der Waals surface area contributed by atoms with Gasteiger partial charge in [-0.3, -0.25) is 9.59 Å². The minimum Gasteiger partial charge on any atom is -0.349 e. The van der Waals surface area contributed by atoms with E-state index in [4.69, 9.17) is 11.6 Å². The molecule has 2 aromatic carbocycles. The first-order chi connectivity index (χ1) is 16.9. The minimum atomic E-state index is -0.200. The molecule has 5 nitrogen and oxygen atoms in total. The second kappa shape index (κ2) is 10.6. The van der Waals surface area contributed by atoms with Gasteiger partial charge in [-0.25, -0.2) is 0 Å². The van der Waals surface area contributed by atoms with Crippen molar-refractivity contribution in [2.45, 2.75) is 51.1 Å². The lowest BCUT2D eigenvalue weighted by atomic mass is 9.77. The molecule has 3 aliphatic rings. The molecular weight excluding hydrogens is 526 g/mol. The van der Waals surface area contributed by atoms with E-state index in [1.807, 2.05) is 41.3 Å². The number of piperidine rings is 1. The standard InChI is InChI=1S/C28H33BrClN3O2/c29-22-9-5-20(6-10-22)19-33-18-14-28(27(33)35)12-16-32(17-13-28)15-11-25(31-26(34)21-7-8-21)23-3-1-2-4-24(23)30/h1-6,9-10,21,25H,7-8,11-19H2,(H,31,34). The molecule has 0 aromatic heterocycles. The Hall–Kier alpha value is -1.89. The van der Waals surface area contributed by atoms with E-state index in [0.29, 0.717) is 17.5 Å². The van der Waals surface area contributed by atoms with Gasteiger partial charge in [-0.05, 0) is 80.9 Å².